The third kappa shape index (κ3) is 3.81. The molecule has 0 radical (unpaired) electrons. The van der Waals surface area contributed by atoms with Crippen molar-refractivity contribution in [3.63, 3.8) is 0 Å². The van der Waals surface area contributed by atoms with Crippen molar-refractivity contribution in [2.45, 2.75) is 0 Å². The molecule has 0 spiro atoms. The molecule has 0 aliphatic rings. The minimum absolute atomic E-state index is 0.124. The average Bonchev–Trinajstić information content (AvgIpc) is 1.88. The fraction of sp³-hybridized carbons (Fsp3) is 0.500. The molecule has 0 saturated heterocycles. The molecule has 4 N–H and O–H groups in total. The summed E-state index contributed by atoms with van der Waals surface area (Å²) in [5.41, 5.74) is 4.02. The van der Waals surface area contributed by atoms with Gasteiger partial charge in [-0.2, -0.15) is 0 Å². The second kappa shape index (κ2) is 4.71. The minimum Gasteiger partial charge on any atom is -0.474 e. The maximum atomic E-state index is 10.2. The fourth-order valence-electron chi connectivity index (χ4n) is 0.252. The number of carbonyl (C=O) groups is 2. The lowest BCUT2D eigenvalue weighted by Crippen LogP contribution is -2.42. The quantitative estimate of drug-likeness (QED) is 0.205. The number of aliphatic carboxylic acids is 1. The molecule has 1 amide bonds. The maximum Gasteiger partial charge on any atom is 0.395 e. The molecule has 0 fully saturated rings. The first-order valence-corrected chi connectivity index (χ1v) is 2.55. The molecule has 0 aliphatic carbocycles. The maximum absolute atomic E-state index is 10.2. The standard InChI is InChI=1S/C4H8N2O4/c7-2-1-5-6-3(8)4(9)10/h5,7H,1-2H2,(H,6,8)(H,9,10). The Morgan fingerprint density at radius 1 is 1.40 bits per heavy atom. The molecule has 0 saturated carbocycles. The summed E-state index contributed by atoms with van der Waals surface area (Å²) in [6, 6.07) is 0. The summed E-state index contributed by atoms with van der Waals surface area (Å²) in [5, 5.41) is 16.1. The van der Waals surface area contributed by atoms with Crippen LogP contribution < -0.4 is 10.9 Å². The van der Waals surface area contributed by atoms with Gasteiger partial charge < -0.3 is 10.2 Å². The lowest BCUT2D eigenvalue weighted by molar-refractivity contribution is -0.150. The van der Waals surface area contributed by atoms with Crippen LogP contribution >= 0.6 is 0 Å². The average molecular weight is 148 g/mol. The van der Waals surface area contributed by atoms with Crippen LogP contribution in [0.5, 0.6) is 0 Å². The topological polar surface area (TPSA) is 98.7 Å². The monoisotopic (exact) mass is 148 g/mol. The normalized spacial score (nSPS) is 8.90. The van der Waals surface area contributed by atoms with Crippen LogP contribution in [0.3, 0.4) is 0 Å². The van der Waals surface area contributed by atoms with E-state index in [4.69, 9.17) is 10.2 Å². The largest absolute Gasteiger partial charge is 0.474 e. The van der Waals surface area contributed by atoms with Gasteiger partial charge in [0.1, 0.15) is 0 Å². The van der Waals surface area contributed by atoms with E-state index >= 15 is 0 Å². The second-order valence-electron chi connectivity index (χ2n) is 1.41. The van der Waals surface area contributed by atoms with Crippen LogP contribution in [-0.2, 0) is 9.59 Å². The molecule has 0 aromatic carbocycles. The fourth-order valence-corrected chi connectivity index (χ4v) is 0.252. The summed E-state index contributed by atoms with van der Waals surface area (Å²) in [6.45, 7) is -0.0427. The number of amides is 1. The number of aliphatic hydroxyl groups excluding tert-OH is 1. The Bertz CT molecular complexity index is 135. The highest BCUT2D eigenvalue weighted by molar-refractivity contribution is 6.31. The summed E-state index contributed by atoms with van der Waals surface area (Å²) in [7, 11) is 0. The number of nitrogens with one attached hydrogen (secondary N) is 2. The SMILES string of the molecule is O=C(O)C(=O)NNCCO. The molecular formula is C4H8N2O4. The van der Waals surface area contributed by atoms with Crippen molar-refractivity contribution in [3.05, 3.63) is 0 Å². The van der Waals surface area contributed by atoms with Crippen molar-refractivity contribution in [3.8, 4) is 0 Å². The Labute approximate surface area is 56.8 Å². The molecule has 6 nitrogen and oxygen atoms in total. The Balaban J connectivity index is 3.31. The van der Waals surface area contributed by atoms with Gasteiger partial charge in [0.25, 0.3) is 0 Å². The first kappa shape index (κ1) is 8.86. The van der Waals surface area contributed by atoms with Crippen molar-refractivity contribution in [1.82, 2.24) is 10.9 Å². The van der Waals surface area contributed by atoms with Crippen LogP contribution in [-0.4, -0.2) is 35.2 Å². The van der Waals surface area contributed by atoms with Gasteiger partial charge in [-0.1, -0.05) is 0 Å². The zero-order valence-corrected chi connectivity index (χ0v) is 5.13. The smallest absolute Gasteiger partial charge is 0.395 e. The Kier molecular flexibility index (Phi) is 4.17. The van der Waals surface area contributed by atoms with Gasteiger partial charge in [-0.3, -0.25) is 10.2 Å². The van der Waals surface area contributed by atoms with E-state index in [2.05, 4.69) is 5.43 Å². The van der Waals surface area contributed by atoms with E-state index in [0.717, 1.165) is 0 Å². The number of aliphatic hydroxyl groups is 1. The van der Waals surface area contributed by atoms with Crippen molar-refractivity contribution in [2.75, 3.05) is 13.2 Å². The van der Waals surface area contributed by atoms with E-state index in [1.165, 1.54) is 0 Å². The lowest BCUT2D eigenvalue weighted by Gasteiger charge is -2.00. The highest BCUT2D eigenvalue weighted by atomic mass is 16.4. The minimum atomic E-state index is -1.56. The first-order chi connectivity index (χ1) is 4.68. The lowest BCUT2D eigenvalue weighted by atomic mass is 10.6. The summed E-state index contributed by atoms with van der Waals surface area (Å²) in [6.07, 6.45) is 0. The third-order valence-corrected chi connectivity index (χ3v) is 0.633. The van der Waals surface area contributed by atoms with Crippen molar-refractivity contribution >= 4 is 11.9 Å². The van der Waals surface area contributed by atoms with Gasteiger partial charge in [-0.05, 0) is 0 Å². The number of hydrogen-bond donors (Lipinski definition) is 4. The number of carbonyl (C=O) groups excluding carboxylic acids is 1. The third-order valence-electron chi connectivity index (χ3n) is 0.633. The highest BCUT2D eigenvalue weighted by Crippen LogP contribution is 1.60. The van der Waals surface area contributed by atoms with E-state index in [9.17, 15) is 9.59 Å². The van der Waals surface area contributed by atoms with Crippen LogP contribution in [0.25, 0.3) is 0 Å². The van der Waals surface area contributed by atoms with E-state index in [1.54, 1.807) is 0 Å². The molecule has 0 aromatic heterocycles. The molecule has 0 bridgehead atoms. The van der Waals surface area contributed by atoms with Crippen molar-refractivity contribution in [1.29, 1.82) is 0 Å². The summed E-state index contributed by atoms with van der Waals surface area (Å²) in [4.78, 5) is 19.9. The van der Waals surface area contributed by atoms with Gasteiger partial charge in [0.15, 0.2) is 0 Å². The van der Waals surface area contributed by atoms with Gasteiger partial charge in [0.2, 0.25) is 0 Å². The predicted molar refractivity (Wildman–Crippen MR) is 30.9 cm³/mol. The van der Waals surface area contributed by atoms with Gasteiger partial charge >= 0.3 is 11.9 Å². The summed E-state index contributed by atoms with van der Waals surface area (Å²) < 4.78 is 0. The molecule has 0 unspecified atom stereocenters. The molecule has 0 rings (SSSR count). The van der Waals surface area contributed by atoms with Crippen LogP contribution in [0, 0.1) is 0 Å². The molecule has 10 heavy (non-hydrogen) atoms. The van der Waals surface area contributed by atoms with E-state index in [1.807, 2.05) is 5.43 Å². The van der Waals surface area contributed by atoms with E-state index in [-0.39, 0.29) is 13.2 Å². The van der Waals surface area contributed by atoms with Gasteiger partial charge in [0, 0.05) is 6.54 Å². The molecule has 0 aromatic rings. The molecule has 58 valence electrons. The van der Waals surface area contributed by atoms with Crippen LogP contribution in [0.2, 0.25) is 0 Å². The molecule has 0 atom stereocenters. The van der Waals surface area contributed by atoms with Gasteiger partial charge in [-0.25, -0.2) is 10.2 Å². The summed E-state index contributed by atoms with van der Waals surface area (Å²) in [5.74, 6) is -2.71. The number of carboxylic acids is 1. The van der Waals surface area contributed by atoms with E-state index < -0.39 is 11.9 Å². The number of carboxylic acid groups (broad SMARTS) is 1. The van der Waals surface area contributed by atoms with Crippen molar-refractivity contribution in [2.24, 2.45) is 0 Å². The van der Waals surface area contributed by atoms with Gasteiger partial charge in [0.05, 0.1) is 6.61 Å². The Morgan fingerprint density at radius 3 is 2.40 bits per heavy atom. The first-order valence-electron chi connectivity index (χ1n) is 2.55. The van der Waals surface area contributed by atoms with E-state index in [0.29, 0.717) is 0 Å². The van der Waals surface area contributed by atoms with Crippen molar-refractivity contribution < 1.29 is 19.8 Å². The number of rotatable bonds is 3. The predicted octanol–water partition coefficient (Wildman–Crippen LogP) is -2.32. The number of hydrazine groups is 1. The second-order valence-corrected chi connectivity index (χ2v) is 1.41. The van der Waals surface area contributed by atoms with Crippen LogP contribution in [0.15, 0.2) is 0 Å². The zero-order valence-electron chi connectivity index (χ0n) is 5.13. The zero-order chi connectivity index (χ0) is 7.98. The molecule has 0 aliphatic heterocycles. The molecule has 0 heterocycles. The van der Waals surface area contributed by atoms with Crippen LogP contribution in [0.4, 0.5) is 0 Å². The number of hydrogen-bond acceptors (Lipinski definition) is 4. The van der Waals surface area contributed by atoms with Gasteiger partial charge in [-0.15, -0.1) is 0 Å². The Morgan fingerprint density at radius 2 is 2.00 bits per heavy atom. The highest BCUT2D eigenvalue weighted by Gasteiger charge is 2.08. The molecule has 6 heteroatoms. The molecular weight excluding hydrogens is 140 g/mol. The van der Waals surface area contributed by atoms with Crippen LogP contribution in [0.1, 0.15) is 0 Å². The summed E-state index contributed by atoms with van der Waals surface area (Å²) >= 11 is 0. The Hall–Kier alpha value is -1.14.